The van der Waals surface area contributed by atoms with E-state index in [2.05, 4.69) is 20.8 Å². The molecule has 0 amide bonds. The largest absolute Gasteiger partial charge is 0.342 e. The van der Waals surface area contributed by atoms with Gasteiger partial charge in [0.1, 0.15) is 12.4 Å². The summed E-state index contributed by atoms with van der Waals surface area (Å²) in [7, 11) is 1.83. The number of hydrogen-bond donors (Lipinski definition) is 1. The number of thioether (sulfide) groups is 1. The van der Waals surface area contributed by atoms with Crippen LogP contribution < -0.4 is 5.32 Å². The van der Waals surface area contributed by atoms with E-state index in [1.54, 1.807) is 22.5 Å². The minimum absolute atomic E-state index is 0.127. The van der Waals surface area contributed by atoms with E-state index in [-0.39, 0.29) is 5.82 Å². The molecule has 0 saturated heterocycles. The van der Waals surface area contributed by atoms with Crippen LogP contribution in [-0.4, -0.2) is 32.5 Å². The molecule has 19 heavy (non-hydrogen) atoms. The van der Waals surface area contributed by atoms with E-state index in [4.69, 9.17) is 0 Å². The summed E-state index contributed by atoms with van der Waals surface area (Å²) in [5, 5.41) is 14.2. The zero-order valence-electron chi connectivity index (χ0n) is 10.8. The lowest BCUT2D eigenvalue weighted by atomic mass is 10.2. The van der Waals surface area contributed by atoms with Crippen LogP contribution in [0.1, 0.15) is 12.0 Å². The number of aryl methyl sites for hydroxylation is 1. The third-order valence-corrected chi connectivity index (χ3v) is 3.78. The number of halogens is 1. The molecule has 0 fully saturated rings. The molecule has 0 aliphatic carbocycles. The van der Waals surface area contributed by atoms with Crippen LogP contribution in [0.2, 0.25) is 0 Å². The summed E-state index contributed by atoms with van der Waals surface area (Å²) in [6, 6.07) is 6.90. The fraction of sp³-hybridized carbons (Fsp3) is 0.417. The van der Waals surface area contributed by atoms with Crippen molar-refractivity contribution in [1.82, 2.24) is 20.2 Å². The van der Waals surface area contributed by atoms with E-state index >= 15 is 0 Å². The number of nitrogens with two attached hydrogens (primary N) is 1. The van der Waals surface area contributed by atoms with Gasteiger partial charge in [-0.2, -0.15) is 0 Å². The fourth-order valence-corrected chi connectivity index (χ4v) is 2.47. The Morgan fingerprint density at radius 1 is 1.37 bits per heavy atom. The van der Waals surface area contributed by atoms with Crippen molar-refractivity contribution in [2.75, 3.05) is 12.3 Å². The quantitative estimate of drug-likeness (QED) is 0.596. The molecule has 5 nitrogen and oxygen atoms in total. The zero-order chi connectivity index (χ0) is 13.5. The molecule has 102 valence electrons. The van der Waals surface area contributed by atoms with E-state index in [1.165, 1.54) is 6.07 Å². The van der Waals surface area contributed by atoms with Gasteiger partial charge in [-0.1, -0.05) is 30.0 Å². The maximum Gasteiger partial charge on any atom is 0.209 e. The first kappa shape index (κ1) is 14.0. The molecule has 0 bridgehead atoms. The molecule has 1 heterocycles. The minimum Gasteiger partial charge on any atom is -0.342 e. The Balaban J connectivity index is 1.60. The van der Waals surface area contributed by atoms with Gasteiger partial charge < -0.3 is 5.32 Å². The zero-order valence-corrected chi connectivity index (χ0v) is 11.6. The van der Waals surface area contributed by atoms with Gasteiger partial charge in [-0.3, -0.25) is 0 Å². The summed E-state index contributed by atoms with van der Waals surface area (Å²) in [4.78, 5) is 0. The number of aromatic nitrogens is 4. The Hall–Kier alpha value is -1.47. The van der Waals surface area contributed by atoms with E-state index < -0.39 is 0 Å². The minimum atomic E-state index is -0.127. The highest BCUT2D eigenvalue weighted by molar-refractivity contribution is 7.99. The molecule has 1 aromatic heterocycles. The SMILES string of the molecule is Cn1nnnc1SCCC[NH2+]Cc1ccccc1F. The first-order chi connectivity index (χ1) is 9.27. The second-order valence-electron chi connectivity index (χ2n) is 4.16. The summed E-state index contributed by atoms with van der Waals surface area (Å²) in [6.07, 6.45) is 1.03. The maximum absolute atomic E-state index is 13.3. The first-order valence-electron chi connectivity index (χ1n) is 6.17. The predicted molar refractivity (Wildman–Crippen MR) is 71.0 cm³/mol. The third-order valence-electron chi connectivity index (χ3n) is 2.69. The number of rotatable bonds is 7. The third kappa shape index (κ3) is 4.29. The molecule has 0 saturated carbocycles. The average Bonchev–Trinajstić information content (AvgIpc) is 2.81. The van der Waals surface area contributed by atoms with Gasteiger partial charge in [-0.05, 0) is 16.5 Å². The molecule has 2 N–H and O–H groups in total. The van der Waals surface area contributed by atoms with Crippen molar-refractivity contribution in [3.05, 3.63) is 35.6 Å². The second kappa shape index (κ2) is 7.20. The van der Waals surface area contributed by atoms with Crippen LogP contribution in [0.25, 0.3) is 0 Å². The molecule has 0 aliphatic rings. The molecule has 1 aromatic carbocycles. The van der Waals surface area contributed by atoms with E-state index in [1.807, 2.05) is 19.2 Å². The topological polar surface area (TPSA) is 60.2 Å². The van der Waals surface area contributed by atoms with Crippen LogP contribution in [0.3, 0.4) is 0 Å². The predicted octanol–water partition coefficient (Wildman–Crippen LogP) is 0.595. The van der Waals surface area contributed by atoms with Crippen molar-refractivity contribution in [2.45, 2.75) is 18.1 Å². The van der Waals surface area contributed by atoms with Crippen LogP contribution in [0.4, 0.5) is 4.39 Å². The van der Waals surface area contributed by atoms with Crippen molar-refractivity contribution in [3.63, 3.8) is 0 Å². The summed E-state index contributed by atoms with van der Waals surface area (Å²) in [5.74, 6) is 0.834. The fourth-order valence-electron chi connectivity index (χ4n) is 1.66. The number of benzene rings is 1. The van der Waals surface area contributed by atoms with Crippen LogP contribution in [0.5, 0.6) is 0 Å². The monoisotopic (exact) mass is 282 g/mol. The highest BCUT2D eigenvalue weighted by Gasteiger charge is 2.04. The average molecular weight is 282 g/mol. The Bertz CT molecular complexity index is 516. The number of tetrazole rings is 1. The molecule has 2 rings (SSSR count). The van der Waals surface area contributed by atoms with Crippen LogP contribution in [-0.2, 0) is 13.6 Å². The van der Waals surface area contributed by atoms with Crippen molar-refractivity contribution in [1.29, 1.82) is 0 Å². The lowest BCUT2D eigenvalue weighted by Gasteiger charge is -2.03. The second-order valence-corrected chi connectivity index (χ2v) is 5.22. The van der Waals surface area contributed by atoms with Crippen LogP contribution in [0, 0.1) is 5.82 Å². The summed E-state index contributed by atoms with van der Waals surface area (Å²) >= 11 is 1.64. The highest BCUT2D eigenvalue weighted by Crippen LogP contribution is 2.12. The van der Waals surface area contributed by atoms with Gasteiger partial charge in [0.25, 0.3) is 0 Å². The maximum atomic E-state index is 13.3. The normalized spacial score (nSPS) is 10.8. The Kier molecular flexibility index (Phi) is 5.29. The van der Waals surface area contributed by atoms with Crippen LogP contribution in [0.15, 0.2) is 29.4 Å². The molecule has 2 aromatic rings. The molecule has 0 atom stereocenters. The smallest absolute Gasteiger partial charge is 0.209 e. The number of hydrogen-bond acceptors (Lipinski definition) is 4. The molecule has 0 spiro atoms. The molecular formula is C12H17FN5S+. The van der Waals surface area contributed by atoms with Gasteiger partial charge >= 0.3 is 0 Å². The Labute approximate surface area is 115 Å². The molecule has 0 aliphatic heterocycles. The van der Waals surface area contributed by atoms with Gasteiger partial charge in [0, 0.05) is 24.8 Å². The van der Waals surface area contributed by atoms with E-state index in [0.29, 0.717) is 6.54 Å². The van der Waals surface area contributed by atoms with Gasteiger partial charge in [0.2, 0.25) is 5.16 Å². The van der Waals surface area contributed by atoms with E-state index in [0.717, 1.165) is 29.4 Å². The first-order valence-corrected chi connectivity index (χ1v) is 7.16. The lowest BCUT2D eigenvalue weighted by molar-refractivity contribution is -0.670. The number of nitrogens with zero attached hydrogens (tertiary/aromatic N) is 4. The number of quaternary nitrogens is 1. The Morgan fingerprint density at radius 2 is 2.21 bits per heavy atom. The van der Waals surface area contributed by atoms with Crippen LogP contribution >= 0.6 is 11.8 Å². The lowest BCUT2D eigenvalue weighted by Crippen LogP contribution is -2.82. The van der Waals surface area contributed by atoms with E-state index in [9.17, 15) is 4.39 Å². The summed E-state index contributed by atoms with van der Waals surface area (Å²) < 4.78 is 15.0. The molecule has 7 heteroatoms. The van der Waals surface area contributed by atoms with Gasteiger partial charge in [0.05, 0.1) is 6.54 Å². The molecular weight excluding hydrogens is 265 g/mol. The van der Waals surface area contributed by atoms with Crippen molar-refractivity contribution in [2.24, 2.45) is 7.05 Å². The Morgan fingerprint density at radius 3 is 2.95 bits per heavy atom. The molecule has 0 radical (unpaired) electrons. The van der Waals surface area contributed by atoms with Crippen molar-refractivity contribution < 1.29 is 9.71 Å². The van der Waals surface area contributed by atoms with Gasteiger partial charge in [-0.25, -0.2) is 9.07 Å². The summed E-state index contributed by atoms with van der Waals surface area (Å²) in [6.45, 7) is 1.65. The van der Waals surface area contributed by atoms with Gasteiger partial charge in [-0.15, -0.1) is 5.10 Å². The standard InChI is InChI=1S/C12H16FN5S/c1-18-12(15-16-17-18)19-8-4-7-14-9-10-5-2-3-6-11(10)13/h2-3,5-6,14H,4,7-9H2,1H3/p+1. The van der Waals surface area contributed by atoms with Crippen molar-refractivity contribution in [3.8, 4) is 0 Å². The molecule has 0 unspecified atom stereocenters. The van der Waals surface area contributed by atoms with Crippen molar-refractivity contribution >= 4 is 11.8 Å². The summed E-state index contributed by atoms with van der Waals surface area (Å²) in [5.41, 5.74) is 0.757. The van der Waals surface area contributed by atoms with Gasteiger partial charge in [0.15, 0.2) is 0 Å². The highest BCUT2D eigenvalue weighted by atomic mass is 32.2.